The number of imidazole rings is 1. The molecule has 0 atom stereocenters. The number of nitrogens with one attached hydrogen (secondary N) is 1. The van der Waals surface area contributed by atoms with Crippen LogP contribution in [0.2, 0.25) is 10.0 Å². The van der Waals surface area contributed by atoms with Gasteiger partial charge in [0.15, 0.2) is 11.5 Å². The highest BCUT2D eigenvalue weighted by atomic mass is 35.5. The predicted molar refractivity (Wildman–Crippen MR) is 133 cm³/mol. The van der Waals surface area contributed by atoms with Crippen molar-refractivity contribution in [2.45, 2.75) is 6.18 Å². The molecule has 188 valence electrons. The van der Waals surface area contributed by atoms with Gasteiger partial charge in [0, 0.05) is 16.1 Å². The molecular weight excluding hydrogens is 532 g/mol. The number of halogens is 5. The maximum Gasteiger partial charge on any atom is 0.416 e. The van der Waals surface area contributed by atoms with Crippen molar-refractivity contribution >= 4 is 40.8 Å². The van der Waals surface area contributed by atoms with Crippen LogP contribution in [-0.4, -0.2) is 27.8 Å². The normalized spacial score (nSPS) is 13.2. The Hall–Kier alpha value is -3.95. The second kappa shape index (κ2) is 9.49. The molecule has 0 aliphatic carbocycles. The quantitative estimate of drug-likeness (QED) is 0.254. The monoisotopic (exact) mass is 546 g/mol. The minimum atomic E-state index is -4.63. The SMILES string of the molecule is O=C(O)/C(=C/c1nc(-c2ccc3c(c2)OCO3)c(-c2cc(Cl)ccc2Cl)[nH]1)c1cccc(C(F)(F)F)c1. The summed E-state index contributed by atoms with van der Waals surface area (Å²) in [4.78, 5) is 19.7. The Morgan fingerprint density at radius 1 is 1.03 bits per heavy atom. The van der Waals surface area contributed by atoms with Gasteiger partial charge in [0.1, 0.15) is 5.82 Å². The van der Waals surface area contributed by atoms with Crippen LogP contribution < -0.4 is 9.47 Å². The van der Waals surface area contributed by atoms with Crippen molar-refractivity contribution in [3.8, 4) is 34.0 Å². The zero-order chi connectivity index (χ0) is 26.3. The van der Waals surface area contributed by atoms with Gasteiger partial charge in [-0.25, -0.2) is 9.78 Å². The number of aliphatic carboxylic acids is 1. The Morgan fingerprint density at radius 3 is 2.57 bits per heavy atom. The van der Waals surface area contributed by atoms with Gasteiger partial charge in [0.25, 0.3) is 0 Å². The molecule has 6 nitrogen and oxygen atoms in total. The van der Waals surface area contributed by atoms with E-state index < -0.39 is 17.7 Å². The lowest BCUT2D eigenvalue weighted by molar-refractivity contribution is -0.137. The number of carboxylic acids is 1. The van der Waals surface area contributed by atoms with Crippen molar-refractivity contribution < 1.29 is 32.5 Å². The first kappa shape index (κ1) is 24.7. The van der Waals surface area contributed by atoms with Crippen LogP contribution in [0.15, 0.2) is 60.7 Å². The minimum absolute atomic E-state index is 0.0687. The summed E-state index contributed by atoms with van der Waals surface area (Å²) in [6.45, 7) is 0.0687. The summed E-state index contributed by atoms with van der Waals surface area (Å²) >= 11 is 12.6. The van der Waals surface area contributed by atoms with Crippen molar-refractivity contribution in [3.63, 3.8) is 0 Å². The third kappa shape index (κ3) is 5.00. The van der Waals surface area contributed by atoms with E-state index in [1.54, 1.807) is 36.4 Å². The first-order valence-electron chi connectivity index (χ1n) is 10.7. The molecule has 0 amide bonds. The number of alkyl halides is 3. The summed E-state index contributed by atoms with van der Waals surface area (Å²) in [6, 6.07) is 14.1. The lowest BCUT2D eigenvalue weighted by Gasteiger charge is -2.09. The molecule has 3 aromatic carbocycles. The topological polar surface area (TPSA) is 84.4 Å². The average Bonchev–Trinajstić information content (AvgIpc) is 3.50. The van der Waals surface area contributed by atoms with E-state index in [4.69, 9.17) is 32.7 Å². The number of aromatic nitrogens is 2. The predicted octanol–water partition coefficient (Wildman–Crippen LogP) is 7.42. The van der Waals surface area contributed by atoms with Crippen LogP contribution in [0.25, 0.3) is 34.2 Å². The second-order valence-corrected chi connectivity index (χ2v) is 8.82. The number of carboxylic acid groups (broad SMARTS) is 1. The summed E-state index contributed by atoms with van der Waals surface area (Å²) in [5, 5.41) is 10.6. The van der Waals surface area contributed by atoms with Gasteiger partial charge in [-0.2, -0.15) is 13.2 Å². The molecule has 4 aromatic rings. The van der Waals surface area contributed by atoms with Crippen LogP contribution in [0.1, 0.15) is 17.0 Å². The number of rotatable bonds is 5. The highest BCUT2D eigenvalue weighted by molar-refractivity contribution is 6.35. The number of aromatic amines is 1. The molecule has 1 aliphatic heterocycles. The number of carbonyl (C=O) groups is 1. The largest absolute Gasteiger partial charge is 0.478 e. The number of hydrogen-bond donors (Lipinski definition) is 2. The molecule has 0 fully saturated rings. The summed E-state index contributed by atoms with van der Waals surface area (Å²) in [5.41, 5.74) is 0.413. The minimum Gasteiger partial charge on any atom is -0.478 e. The number of benzene rings is 3. The van der Waals surface area contributed by atoms with Gasteiger partial charge < -0.3 is 19.6 Å². The van der Waals surface area contributed by atoms with Crippen LogP contribution >= 0.6 is 23.2 Å². The standard InChI is InChI=1S/C26H15Cl2F3N2O4/c27-16-5-6-19(28)18(10-16)24-23(14-4-7-20-21(9-14)37-12-36-20)32-22(33-24)11-17(25(34)35)13-2-1-3-15(8-13)26(29,30)31/h1-11H,12H2,(H,32,33)(H,34,35)/b17-11+. The first-order chi connectivity index (χ1) is 17.6. The fraction of sp³-hybridized carbons (Fsp3) is 0.0769. The highest BCUT2D eigenvalue weighted by Crippen LogP contribution is 2.41. The van der Waals surface area contributed by atoms with Gasteiger partial charge in [-0.3, -0.25) is 0 Å². The summed E-state index contributed by atoms with van der Waals surface area (Å²) < 4.78 is 50.5. The van der Waals surface area contributed by atoms with Crippen LogP contribution in [-0.2, 0) is 11.0 Å². The third-order valence-electron chi connectivity index (χ3n) is 5.58. The molecule has 0 saturated carbocycles. The van der Waals surface area contributed by atoms with Crippen LogP contribution in [0.3, 0.4) is 0 Å². The molecule has 1 aliphatic rings. The number of fused-ring (bicyclic) bond motifs is 1. The van der Waals surface area contributed by atoms with Crippen molar-refractivity contribution in [3.05, 3.63) is 87.7 Å². The number of nitrogens with zero attached hydrogens (tertiary/aromatic N) is 1. The molecule has 2 N–H and O–H groups in total. The van der Waals surface area contributed by atoms with Crippen LogP contribution in [0.4, 0.5) is 13.2 Å². The first-order valence-corrected chi connectivity index (χ1v) is 11.4. The van der Waals surface area contributed by atoms with E-state index in [9.17, 15) is 23.1 Å². The molecule has 2 heterocycles. The highest BCUT2D eigenvalue weighted by Gasteiger charge is 2.31. The molecule has 37 heavy (non-hydrogen) atoms. The van der Waals surface area contributed by atoms with Gasteiger partial charge in [0.2, 0.25) is 6.79 Å². The Labute approximate surface area is 217 Å². The van der Waals surface area contributed by atoms with E-state index in [2.05, 4.69) is 9.97 Å². The molecule has 11 heteroatoms. The summed E-state index contributed by atoms with van der Waals surface area (Å²) in [6.07, 6.45) is -3.47. The Bertz CT molecular complexity index is 1560. The van der Waals surface area contributed by atoms with Crippen LogP contribution in [0, 0.1) is 0 Å². The molecular formula is C26H15Cl2F3N2O4. The lowest BCUT2D eigenvalue weighted by Crippen LogP contribution is -2.07. The maximum atomic E-state index is 13.2. The summed E-state index contributed by atoms with van der Waals surface area (Å²) in [7, 11) is 0. The van der Waals surface area contributed by atoms with E-state index in [1.807, 2.05) is 0 Å². The van der Waals surface area contributed by atoms with E-state index in [0.717, 1.165) is 24.3 Å². The molecule has 0 spiro atoms. The number of hydrogen-bond acceptors (Lipinski definition) is 4. The molecule has 5 rings (SSSR count). The van der Waals surface area contributed by atoms with Gasteiger partial charge >= 0.3 is 12.1 Å². The van der Waals surface area contributed by atoms with E-state index in [-0.39, 0.29) is 23.8 Å². The van der Waals surface area contributed by atoms with Gasteiger partial charge in [0.05, 0.1) is 27.5 Å². The van der Waals surface area contributed by atoms with Gasteiger partial charge in [-0.05, 0) is 60.2 Å². The van der Waals surface area contributed by atoms with Crippen molar-refractivity contribution in [1.82, 2.24) is 9.97 Å². The lowest BCUT2D eigenvalue weighted by atomic mass is 10.0. The van der Waals surface area contributed by atoms with Crippen molar-refractivity contribution in [1.29, 1.82) is 0 Å². The second-order valence-electron chi connectivity index (χ2n) is 7.98. The number of ether oxygens (including phenoxy) is 2. The smallest absolute Gasteiger partial charge is 0.416 e. The Kier molecular flexibility index (Phi) is 6.35. The Morgan fingerprint density at radius 2 is 1.81 bits per heavy atom. The van der Waals surface area contributed by atoms with E-state index in [0.29, 0.717) is 44.1 Å². The zero-order valence-corrected chi connectivity index (χ0v) is 20.1. The maximum absolute atomic E-state index is 13.2. The van der Waals surface area contributed by atoms with E-state index in [1.165, 1.54) is 6.07 Å². The van der Waals surface area contributed by atoms with Crippen molar-refractivity contribution in [2.24, 2.45) is 0 Å². The zero-order valence-electron chi connectivity index (χ0n) is 18.6. The Balaban J connectivity index is 1.68. The molecule has 0 unspecified atom stereocenters. The molecule has 0 saturated heterocycles. The molecule has 1 aromatic heterocycles. The molecule has 0 bridgehead atoms. The van der Waals surface area contributed by atoms with Gasteiger partial charge in [-0.1, -0.05) is 35.3 Å². The third-order valence-corrected chi connectivity index (χ3v) is 6.14. The van der Waals surface area contributed by atoms with Crippen LogP contribution in [0.5, 0.6) is 11.5 Å². The fourth-order valence-electron chi connectivity index (χ4n) is 3.86. The van der Waals surface area contributed by atoms with Gasteiger partial charge in [-0.15, -0.1) is 0 Å². The average molecular weight is 547 g/mol. The van der Waals surface area contributed by atoms with E-state index >= 15 is 0 Å². The van der Waals surface area contributed by atoms with Crippen molar-refractivity contribution in [2.75, 3.05) is 6.79 Å². The molecule has 0 radical (unpaired) electrons. The fourth-order valence-corrected chi connectivity index (χ4v) is 4.25. The number of H-pyrrole nitrogens is 1. The summed E-state index contributed by atoms with van der Waals surface area (Å²) in [5.74, 6) is -0.299.